The van der Waals surface area contributed by atoms with Crippen LogP contribution in [-0.4, -0.2) is 30.4 Å². The molecule has 0 aliphatic carbocycles. The number of halogens is 2. The molecule has 0 aliphatic rings. The third-order valence-corrected chi connectivity index (χ3v) is 4.16. The number of carbonyl (C=O) groups excluding carboxylic acids is 1. The van der Waals surface area contributed by atoms with Gasteiger partial charge in [-0.25, -0.2) is 4.39 Å². The summed E-state index contributed by atoms with van der Waals surface area (Å²) in [4.78, 5) is 14.4. The van der Waals surface area contributed by atoms with Crippen LogP contribution in [0.5, 0.6) is 0 Å². The van der Waals surface area contributed by atoms with Gasteiger partial charge >= 0.3 is 0 Å². The van der Waals surface area contributed by atoms with Crippen LogP contribution in [0, 0.1) is 5.82 Å². The van der Waals surface area contributed by atoms with Gasteiger partial charge in [0.15, 0.2) is 0 Å². The van der Waals surface area contributed by atoms with Crippen molar-refractivity contribution in [2.75, 3.05) is 19.6 Å². The zero-order valence-corrected chi connectivity index (χ0v) is 15.3. The van der Waals surface area contributed by atoms with Gasteiger partial charge < -0.3 is 10.6 Å². The maximum absolute atomic E-state index is 13.3. The SMILES string of the molecule is CC(CC(=O)N(CCN)CCc1ccccc1)c1cccc(F)c1.Cl. The van der Waals surface area contributed by atoms with Gasteiger partial charge in [0.1, 0.15) is 5.82 Å². The average molecular weight is 365 g/mol. The molecule has 25 heavy (non-hydrogen) atoms. The van der Waals surface area contributed by atoms with Crippen LogP contribution in [0.25, 0.3) is 0 Å². The van der Waals surface area contributed by atoms with Gasteiger partial charge in [-0.15, -0.1) is 12.4 Å². The Morgan fingerprint density at radius 3 is 2.48 bits per heavy atom. The Bertz CT molecular complexity index is 651. The minimum atomic E-state index is -0.269. The number of nitrogens with two attached hydrogens (primary N) is 1. The molecule has 0 aliphatic heterocycles. The lowest BCUT2D eigenvalue weighted by molar-refractivity contribution is -0.131. The number of hydrogen-bond donors (Lipinski definition) is 1. The molecule has 3 nitrogen and oxygen atoms in total. The molecule has 2 aromatic rings. The highest BCUT2D eigenvalue weighted by molar-refractivity contribution is 5.85. The van der Waals surface area contributed by atoms with Crippen LogP contribution in [0.4, 0.5) is 4.39 Å². The van der Waals surface area contributed by atoms with Gasteiger partial charge in [-0.1, -0.05) is 49.4 Å². The summed E-state index contributed by atoms with van der Waals surface area (Å²) in [6.07, 6.45) is 1.17. The summed E-state index contributed by atoms with van der Waals surface area (Å²) >= 11 is 0. The van der Waals surface area contributed by atoms with Crippen molar-refractivity contribution < 1.29 is 9.18 Å². The predicted molar refractivity (Wildman–Crippen MR) is 102 cm³/mol. The van der Waals surface area contributed by atoms with Crippen LogP contribution in [0.2, 0.25) is 0 Å². The minimum absolute atomic E-state index is 0. The average Bonchev–Trinajstić information content (AvgIpc) is 2.59. The molecule has 2 rings (SSSR count). The van der Waals surface area contributed by atoms with E-state index in [4.69, 9.17) is 5.73 Å². The van der Waals surface area contributed by atoms with Crippen LogP contribution in [0.3, 0.4) is 0 Å². The van der Waals surface area contributed by atoms with Gasteiger partial charge in [-0.3, -0.25) is 4.79 Å². The van der Waals surface area contributed by atoms with Crippen molar-refractivity contribution in [2.45, 2.75) is 25.7 Å². The highest BCUT2D eigenvalue weighted by Crippen LogP contribution is 2.20. The van der Waals surface area contributed by atoms with E-state index in [0.717, 1.165) is 12.0 Å². The third-order valence-electron chi connectivity index (χ3n) is 4.16. The normalized spacial score (nSPS) is 11.5. The lowest BCUT2D eigenvalue weighted by atomic mass is 9.97. The molecule has 0 saturated carbocycles. The molecule has 1 amide bonds. The Morgan fingerprint density at radius 2 is 1.84 bits per heavy atom. The lowest BCUT2D eigenvalue weighted by Gasteiger charge is -2.24. The predicted octanol–water partition coefficient (Wildman–Crippen LogP) is 3.77. The fourth-order valence-electron chi connectivity index (χ4n) is 2.75. The minimum Gasteiger partial charge on any atom is -0.341 e. The quantitative estimate of drug-likeness (QED) is 0.775. The molecule has 1 atom stereocenters. The second kappa shape index (κ2) is 10.9. The molecule has 136 valence electrons. The number of carbonyl (C=O) groups is 1. The molecule has 1 unspecified atom stereocenters. The molecule has 0 bridgehead atoms. The first-order chi connectivity index (χ1) is 11.6. The fraction of sp³-hybridized carbons (Fsp3) is 0.350. The van der Waals surface area contributed by atoms with E-state index in [1.165, 1.54) is 17.7 Å². The largest absolute Gasteiger partial charge is 0.341 e. The first-order valence-corrected chi connectivity index (χ1v) is 8.37. The van der Waals surface area contributed by atoms with E-state index in [0.29, 0.717) is 26.1 Å². The Balaban J connectivity index is 0.00000312. The maximum atomic E-state index is 13.3. The van der Waals surface area contributed by atoms with Crippen molar-refractivity contribution in [1.29, 1.82) is 0 Å². The van der Waals surface area contributed by atoms with Gasteiger partial charge in [0, 0.05) is 26.1 Å². The number of rotatable bonds is 8. The van der Waals surface area contributed by atoms with Crippen LogP contribution >= 0.6 is 12.4 Å². The highest BCUT2D eigenvalue weighted by Gasteiger charge is 2.17. The molecule has 2 N–H and O–H groups in total. The summed E-state index contributed by atoms with van der Waals surface area (Å²) < 4.78 is 13.3. The standard InChI is InChI=1S/C20H25FN2O.ClH/c1-16(18-8-5-9-19(21)15-18)14-20(24)23(13-11-22)12-10-17-6-3-2-4-7-17;/h2-9,15-16H,10-14,22H2,1H3;1H. The van der Waals surface area contributed by atoms with Gasteiger partial charge in [0.05, 0.1) is 0 Å². The second-order valence-electron chi connectivity index (χ2n) is 6.07. The van der Waals surface area contributed by atoms with Crippen LogP contribution in [0.1, 0.15) is 30.4 Å². The van der Waals surface area contributed by atoms with Gasteiger partial charge in [0.25, 0.3) is 0 Å². The van der Waals surface area contributed by atoms with E-state index in [1.54, 1.807) is 6.07 Å². The van der Waals surface area contributed by atoms with E-state index in [-0.39, 0.29) is 30.0 Å². The molecule has 0 heterocycles. The topological polar surface area (TPSA) is 46.3 Å². The Hall–Kier alpha value is -1.91. The zero-order chi connectivity index (χ0) is 17.4. The summed E-state index contributed by atoms with van der Waals surface area (Å²) in [6, 6.07) is 16.5. The Morgan fingerprint density at radius 1 is 1.12 bits per heavy atom. The first kappa shape index (κ1) is 21.1. The van der Waals surface area contributed by atoms with Crippen LogP contribution in [-0.2, 0) is 11.2 Å². The van der Waals surface area contributed by atoms with Crippen molar-refractivity contribution in [1.82, 2.24) is 4.90 Å². The first-order valence-electron chi connectivity index (χ1n) is 8.37. The molecule has 2 aromatic carbocycles. The molecule has 0 radical (unpaired) electrons. The zero-order valence-electron chi connectivity index (χ0n) is 14.5. The maximum Gasteiger partial charge on any atom is 0.223 e. The summed E-state index contributed by atoms with van der Waals surface area (Å²) in [6.45, 7) is 3.58. The van der Waals surface area contributed by atoms with E-state index >= 15 is 0 Å². The van der Waals surface area contributed by atoms with E-state index in [9.17, 15) is 9.18 Å². The number of nitrogens with zero attached hydrogens (tertiary/aromatic N) is 1. The molecular weight excluding hydrogens is 339 g/mol. The highest BCUT2D eigenvalue weighted by atomic mass is 35.5. The third kappa shape index (κ3) is 6.85. The molecule has 0 aromatic heterocycles. The van der Waals surface area contributed by atoms with Crippen molar-refractivity contribution >= 4 is 18.3 Å². The Kier molecular flexibility index (Phi) is 9.17. The smallest absolute Gasteiger partial charge is 0.223 e. The van der Waals surface area contributed by atoms with Gasteiger partial charge in [0.2, 0.25) is 5.91 Å². The Labute approximate surface area is 155 Å². The molecule has 0 fully saturated rings. The van der Waals surface area contributed by atoms with Crippen LogP contribution < -0.4 is 5.73 Å². The van der Waals surface area contributed by atoms with Gasteiger partial charge in [-0.2, -0.15) is 0 Å². The van der Waals surface area contributed by atoms with Gasteiger partial charge in [-0.05, 0) is 35.6 Å². The lowest BCUT2D eigenvalue weighted by Crippen LogP contribution is -2.37. The summed E-state index contributed by atoms with van der Waals surface area (Å²) in [5.74, 6) is -0.229. The van der Waals surface area contributed by atoms with Crippen molar-refractivity contribution in [3.63, 3.8) is 0 Å². The van der Waals surface area contributed by atoms with Crippen LogP contribution in [0.15, 0.2) is 54.6 Å². The summed E-state index contributed by atoms with van der Waals surface area (Å²) in [7, 11) is 0. The summed E-state index contributed by atoms with van der Waals surface area (Å²) in [5, 5.41) is 0. The number of benzene rings is 2. The molecule has 0 spiro atoms. The molecule has 0 saturated heterocycles. The monoisotopic (exact) mass is 364 g/mol. The number of hydrogen-bond acceptors (Lipinski definition) is 2. The second-order valence-corrected chi connectivity index (χ2v) is 6.07. The summed E-state index contributed by atoms with van der Waals surface area (Å²) in [5.41, 5.74) is 7.70. The van der Waals surface area contributed by atoms with Crippen molar-refractivity contribution in [2.24, 2.45) is 5.73 Å². The van der Waals surface area contributed by atoms with Crippen molar-refractivity contribution in [3.8, 4) is 0 Å². The number of amides is 1. The van der Waals surface area contributed by atoms with E-state index in [2.05, 4.69) is 12.1 Å². The molecule has 5 heteroatoms. The molecular formula is C20H26ClFN2O. The van der Waals surface area contributed by atoms with E-state index in [1.807, 2.05) is 36.1 Å². The van der Waals surface area contributed by atoms with E-state index < -0.39 is 0 Å². The fourth-order valence-corrected chi connectivity index (χ4v) is 2.75. The van der Waals surface area contributed by atoms with Crippen molar-refractivity contribution in [3.05, 3.63) is 71.5 Å².